The lowest BCUT2D eigenvalue weighted by molar-refractivity contribution is 0.0911. The molecule has 0 aliphatic rings. The van der Waals surface area contributed by atoms with Gasteiger partial charge in [0, 0.05) is 12.1 Å². The predicted molar refractivity (Wildman–Crippen MR) is 79.5 cm³/mol. The molecule has 5 heteroatoms. The first kappa shape index (κ1) is 16.1. The molecule has 0 saturated carbocycles. The zero-order chi connectivity index (χ0) is 16.1. The van der Waals surface area contributed by atoms with Crippen LogP contribution >= 0.6 is 0 Å². The van der Waals surface area contributed by atoms with Crippen LogP contribution in [0, 0.1) is 11.6 Å². The van der Waals surface area contributed by atoms with Crippen LogP contribution in [0.3, 0.4) is 0 Å². The third kappa shape index (κ3) is 3.68. The van der Waals surface area contributed by atoms with E-state index in [2.05, 4.69) is 5.32 Å². The fourth-order valence-electron chi connectivity index (χ4n) is 2.11. The summed E-state index contributed by atoms with van der Waals surface area (Å²) < 4.78 is 27.0. The number of carbonyl (C=O) groups excluding carboxylic acids is 1. The third-order valence-electron chi connectivity index (χ3n) is 3.41. The Kier molecular flexibility index (Phi) is 5.22. The molecular formula is C17H17F2NO2. The quantitative estimate of drug-likeness (QED) is 0.892. The van der Waals surface area contributed by atoms with Gasteiger partial charge in [-0.1, -0.05) is 25.1 Å². The maximum Gasteiger partial charge on any atom is 0.251 e. The lowest BCUT2D eigenvalue weighted by Crippen LogP contribution is -2.29. The molecule has 3 nitrogen and oxygen atoms in total. The van der Waals surface area contributed by atoms with Gasteiger partial charge in [0.25, 0.3) is 5.91 Å². The van der Waals surface area contributed by atoms with Gasteiger partial charge in [-0.25, -0.2) is 8.78 Å². The highest BCUT2D eigenvalue weighted by Crippen LogP contribution is 2.20. The second-order valence-electron chi connectivity index (χ2n) is 4.91. The monoisotopic (exact) mass is 305 g/mol. The van der Waals surface area contributed by atoms with E-state index in [9.17, 15) is 18.7 Å². The summed E-state index contributed by atoms with van der Waals surface area (Å²) in [6.45, 7) is 1.74. The highest BCUT2D eigenvalue weighted by Gasteiger charge is 2.18. The zero-order valence-electron chi connectivity index (χ0n) is 12.1. The Labute approximate surface area is 127 Å². The first-order valence-corrected chi connectivity index (χ1v) is 7.02. The molecule has 116 valence electrons. The van der Waals surface area contributed by atoms with Gasteiger partial charge in [0.2, 0.25) is 0 Å². The number of aliphatic hydroxyl groups is 1. The molecule has 1 amide bonds. The van der Waals surface area contributed by atoms with Crippen LogP contribution in [0.2, 0.25) is 0 Å². The topological polar surface area (TPSA) is 49.3 Å². The van der Waals surface area contributed by atoms with Crippen molar-refractivity contribution < 1.29 is 18.7 Å². The van der Waals surface area contributed by atoms with Gasteiger partial charge < -0.3 is 10.4 Å². The summed E-state index contributed by atoms with van der Waals surface area (Å²) in [6.07, 6.45) is -0.576. The molecule has 1 unspecified atom stereocenters. The minimum absolute atomic E-state index is 0.272. The van der Waals surface area contributed by atoms with Crippen molar-refractivity contribution in [1.29, 1.82) is 0 Å². The highest BCUT2D eigenvalue weighted by molar-refractivity contribution is 5.94. The van der Waals surface area contributed by atoms with Crippen LogP contribution in [0.5, 0.6) is 0 Å². The van der Waals surface area contributed by atoms with Crippen LogP contribution in [-0.4, -0.2) is 17.6 Å². The zero-order valence-corrected chi connectivity index (χ0v) is 12.1. The van der Waals surface area contributed by atoms with Crippen molar-refractivity contribution >= 4 is 5.91 Å². The molecule has 0 aliphatic carbocycles. The molecule has 0 aromatic heterocycles. The van der Waals surface area contributed by atoms with E-state index in [1.165, 1.54) is 6.07 Å². The number of aliphatic hydroxyl groups excluding tert-OH is 1. The second kappa shape index (κ2) is 7.13. The van der Waals surface area contributed by atoms with E-state index >= 15 is 0 Å². The van der Waals surface area contributed by atoms with E-state index in [4.69, 9.17) is 0 Å². The minimum atomic E-state index is -1.44. The molecule has 0 aliphatic heterocycles. The molecule has 0 spiro atoms. The summed E-state index contributed by atoms with van der Waals surface area (Å²) in [6, 6.07) is 10.4. The lowest BCUT2D eigenvalue weighted by Gasteiger charge is -2.14. The molecule has 0 radical (unpaired) electrons. The van der Waals surface area contributed by atoms with Crippen molar-refractivity contribution in [3.05, 3.63) is 70.8 Å². The number of hydrogen-bond donors (Lipinski definition) is 2. The van der Waals surface area contributed by atoms with Gasteiger partial charge >= 0.3 is 0 Å². The Bertz CT molecular complexity index is 636. The minimum Gasteiger partial charge on any atom is -0.386 e. The van der Waals surface area contributed by atoms with Crippen LogP contribution in [0.15, 0.2) is 42.5 Å². The number of benzene rings is 2. The van der Waals surface area contributed by atoms with Crippen molar-refractivity contribution in [2.75, 3.05) is 6.54 Å². The summed E-state index contributed by atoms with van der Waals surface area (Å²) in [4.78, 5) is 11.9. The van der Waals surface area contributed by atoms with Gasteiger partial charge in [0.1, 0.15) is 17.7 Å². The first-order valence-electron chi connectivity index (χ1n) is 7.02. The van der Waals surface area contributed by atoms with E-state index in [1.807, 2.05) is 19.1 Å². The third-order valence-corrected chi connectivity index (χ3v) is 3.41. The average molecular weight is 305 g/mol. The SMILES string of the molecule is CCc1ccc(C(=O)NCC(O)c2c(F)cccc2F)cc1. The Balaban J connectivity index is 2.01. The molecule has 2 N–H and O–H groups in total. The summed E-state index contributed by atoms with van der Waals surface area (Å²) in [7, 11) is 0. The summed E-state index contributed by atoms with van der Waals surface area (Å²) in [5.41, 5.74) is 1.09. The Hall–Kier alpha value is -2.27. The molecule has 0 fully saturated rings. The Morgan fingerprint density at radius 3 is 2.27 bits per heavy atom. The maximum atomic E-state index is 13.5. The van der Waals surface area contributed by atoms with Crippen molar-refractivity contribution in [2.24, 2.45) is 0 Å². The first-order chi connectivity index (χ1) is 10.5. The van der Waals surface area contributed by atoms with Gasteiger partial charge in [0.15, 0.2) is 0 Å². The lowest BCUT2D eigenvalue weighted by atomic mass is 10.1. The van der Waals surface area contributed by atoms with Crippen molar-refractivity contribution in [3.63, 3.8) is 0 Å². The molecule has 1 atom stereocenters. The van der Waals surface area contributed by atoms with Gasteiger partial charge in [-0.15, -0.1) is 0 Å². The standard InChI is InChI=1S/C17H17F2NO2/c1-2-11-6-8-12(9-7-11)17(22)20-10-15(21)16-13(18)4-3-5-14(16)19/h3-9,15,21H,2,10H2,1H3,(H,20,22). The van der Waals surface area contributed by atoms with Gasteiger partial charge in [-0.3, -0.25) is 4.79 Å². The van der Waals surface area contributed by atoms with Crippen LogP contribution in [0.1, 0.15) is 34.5 Å². The molecule has 22 heavy (non-hydrogen) atoms. The summed E-state index contributed by atoms with van der Waals surface area (Å²) >= 11 is 0. The molecular weight excluding hydrogens is 288 g/mol. The number of amides is 1. The van der Waals surface area contributed by atoms with E-state index in [1.54, 1.807) is 12.1 Å². The van der Waals surface area contributed by atoms with Crippen LogP contribution in [0.4, 0.5) is 8.78 Å². The van der Waals surface area contributed by atoms with Gasteiger partial charge in [-0.05, 0) is 36.2 Å². The van der Waals surface area contributed by atoms with Gasteiger partial charge in [0.05, 0.1) is 5.56 Å². The number of aryl methyl sites for hydroxylation is 1. The number of halogens is 2. The largest absolute Gasteiger partial charge is 0.386 e. The number of carbonyl (C=O) groups is 1. The van der Waals surface area contributed by atoms with E-state index in [-0.39, 0.29) is 6.54 Å². The normalized spacial score (nSPS) is 12.0. The van der Waals surface area contributed by atoms with Gasteiger partial charge in [-0.2, -0.15) is 0 Å². The van der Waals surface area contributed by atoms with Crippen LogP contribution < -0.4 is 5.32 Å². The Morgan fingerprint density at radius 2 is 1.73 bits per heavy atom. The highest BCUT2D eigenvalue weighted by atomic mass is 19.1. The number of nitrogens with one attached hydrogen (secondary N) is 1. The Morgan fingerprint density at radius 1 is 1.14 bits per heavy atom. The molecule has 0 heterocycles. The molecule has 2 aromatic carbocycles. The fourth-order valence-corrected chi connectivity index (χ4v) is 2.11. The van der Waals surface area contributed by atoms with Crippen molar-refractivity contribution in [1.82, 2.24) is 5.32 Å². The molecule has 0 saturated heterocycles. The smallest absolute Gasteiger partial charge is 0.251 e. The summed E-state index contributed by atoms with van der Waals surface area (Å²) in [5, 5.41) is 12.3. The van der Waals surface area contributed by atoms with Crippen molar-refractivity contribution in [3.8, 4) is 0 Å². The van der Waals surface area contributed by atoms with E-state index < -0.39 is 29.2 Å². The van der Waals surface area contributed by atoms with E-state index in [0.29, 0.717) is 5.56 Å². The average Bonchev–Trinajstić information content (AvgIpc) is 2.52. The van der Waals surface area contributed by atoms with Crippen molar-refractivity contribution in [2.45, 2.75) is 19.4 Å². The van der Waals surface area contributed by atoms with Crippen LogP contribution in [0.25, 0.3) is 0 Å². The molecule has 2 rings (SSSR count). The van der Waals surface area contributed by atoms with E-state index in [0.717, 1.165) is 24.1 Å². The number of rotatable bonds is 5. The predicted octanol–water partition coefficient (Wildman–Crippen LogP) is 2.99. The molecule has 0 bridgehead atoms. The molecule has 2 aromatic rings. The van der Waals surface area contributed by atoms with Crippen LogP contribution in [-0.2, 0) is 6.42 Å². The fraction of sp³-hybridized carbons (Fsp3) is 0.235. The second-order valence-corrected chi connectivity index (χ2v) is 4.91. The number of hydrogen-bond acceptors (Lipinski definition) is 2. The summed E-state index contributed by atoms with van der Waals surface area (Å²) in [5.74, 6) is -2.08. The maximum absolute atomic E-state index is 13.5.